The van der Waals surface area contributed by atoms with Crippen LogP contribution < -0.4 is 5.32 Å². The topological polar surface area (TPSA) is 97.2 Å². The van der Waals surface area contributed by atoms with Crippen molar-refractivity contribution in [2.24, 2.45) is 5.92 Å². The molecule has 2 aromatic heterocycles. The highest BCUT2D eigenvalue weighted by molar-refractivity contribution is 6.30. The molecule has 5 atom stereocenters. The number of benzene rings is 1. The van der Waals surface area contributed by atoms with Gasteiger partial charge in [0.2, 0.25) is 11.8 Å². The van der Waals surface area contributed by atoms with Crippen LogP contribution in [0.4, 0.5) is 4.39 Å². The number of likely N-dealkylation sites (tertiary alicyclic amines) is 1. The van der Waals surface area contributed by atoms with Gasteiger partial charge >= 0.3 is 0 Å². The summed E-state index contributed by atoms with van der Waals surface area (Å²) in [5, 5.41) is 8.01. The van der Waals surface area contributed by atoms with Gasteiger partial charge in [-0.05, 0) is 48.9 Å². The van der Waals surface area contributed by atoms with Crippen LogP contribution in [0, 0.1) is 11.7 Å². The standard InChI is InChI=1S/C25H23ClFN5O3/c1-12(33)23-15-5-3-7-28-24(15)31(30-23)11-21(34)32-19-8-13(19)9-20(32)25(35)29-18-10-16(18)14-4-2-6-17(26)22(14)27/h2-7,13,16,18-20H,8-11H2,1H3,(H,29,35)/t13-,16-,18+,19-,20+/m1/s1. The maximum atomic E-state index is 14.4. The molecule has 1 N–H and O–H groups in total. The van der Waals surface area contributed by atoms with Gasteiger partial charge in [0.1, 0.15) is 24.1 Å². The quantitative estimate of drug-likeness (QED) is 0.530. The first-order valence-corrected chi connectivity index (χ1v) is 12.1. The third kappa shape index (κ3) is 3.78. The maximum Gasteiger partial charge on any atom is 0.245 e. The second kappa shape index (κ2) is 8.12. The van der Waals surface area contributed by atoms with Crippen LogP contribution in [0.1, 0.15) is 48.2 Å². The number of hydrogen-bond acceptors (Lipinski definition) is 5. The Hall–Kier alpha value is -3.33. The second-order valence-corrected chi connectivity index (χ2v) is 10.1. The zero-order valence-electron chi connectivity index (χ0n) is 18.9. The van der Waals surface area contributed by atoms with E-state index in [1.165, 1.54) is 17.7 Å². The summed E-state index contributed by atoms with van der Waals surface area (Å²) >= 11 is 5.90. The van der Waals surface area contributed by atoms with Crippen LogP contribution in [-0.4, -0.2) is 55.4 Å². The van der Waals surface area contributed by atoms with Crippen LogP contribution in [0.15, 0.2) is 36.5 Å². The highest BCUT2D eigenvalue weighted by Crippen LogP contribution is 2.49. The summed E-state index contributed by atoms with van der Waals surface area (Å²) in [5.74, 6) is -0.897. The van der Waals surface area contributed by atoms with Gasteiger partial charge in [-0.15, -0.1) is 0 Å². The number of carbonyl (C=O) groups is 3. The lowest BCUT2D eigenvalue weighted by Crippen LogP contribution is -2.49. The summed E-state index contributed by atoms with van der Waals surface area (Å²) in [5.41, 5.74) is 1.24. The molecule has 6 rings (SSSR count). The van der Waals surface area contributed by atoms with Gasteiger partial charge in [0, 0.05) is 31.1 Å². The van der Waals surface area contributed by atoms with E-state index in [4.69, 9.17) is 11.6 Å². The van der Waals surface area contributed by atoms with E-state index in [9.17, 15) is 18.8 Å². The number of Topliss-reactive ketones (excluding diaryl/α,β-unsaturated/α-hetero) is 1. The van der Waals surface area contributed by atoms with E-state index in [1.54, 1.807) is 35.4 Å². The molecule has 3 heterocycles. The van der Waals surface area contributed by atoms with Gasteiger partial charge in [0.05, 0.1) is 10.4 Å². The molecule has 2 saturated carbocycles. The average molecular weight is 496 g/mol. The first-order valence-electron chi connectivity index (χ1n) is 11.7. The van der Waals surface area contributed by atoms with Crippen LogP contribution in [-0.2, 0) is 16.1 Å². The van der Waals surface area contributed by atoms with Gasteiger partial charge in [-0.2, -0.15) is 5.10 Å². The predicted molar refractivity (Wildman–Crippen MR) is 125 cm³/mol. The number of fused-ring (bicyclic) bond motifs is 2. The maximum absolute atomic E-state index is 14.4. The van der Waals surface area contributed by atoms with Crippen LogP contribution in [0.5, 0.6) is 0 Å². The Morgan fingerprint density at radius 3 is 2.80 bits per heavy atom. The number of amides is 2. The molecule has 0 unspecified atom stereocenters. The van der Waals surface area contributed by atoms with Crippen LogP contribution in [0.25, 0.3) is 11.0 Å². The first kappa shape index (κ1) is 22.2. The van der Waals surface area contributed by atoms with Crippen LogP contribution >= 0.6 is 11.6 Å². The van der Waals surface area contributed by atoms with Crippen molar-refractivity contribution in [3.63, 3.8) is 0 Å². The van der Waals surface area contributed by atoms with Gasteiger partial charge in [0.15, 0.2) is 11.4 Å². The first-order chi connectivity index (χ1) is 16.8. The van der Waals surface area contributed by atoms with Gasteiger partial charge < -0.3 is 10.2 Å². The molecule has 2 aliphatic carbocycles. The summed E-state index contributed by atoms with van der Waals surface area (Å²) < 4.78 is 15.8. The summed E-state index contributed by atoms with van der Waals surface area (Å²) in [4.78, 5) is 44.5. The Morgan fingerprint density at radius 1 is 1.17 bits per heavy atom. The second-order valence-electron chi connectivity index (χ2n) is 9.65. The monoisotopic (exact) mass is 495 g/mol. The lowest BCUT2D eigenvalue weighted by Gasteiger charge is -2.27. The van der Waals surface area contributed by atoms with E-state index in [2.05, 4.69) is 15.4 Å². The molecule has 3 fully saturated rings. The Kier molecular flexibility index (Phi) is 5.14. The molecule has 0 spiro atoms. The van der Waals surface area contributed by atoms with Crippen molar-refractivity contribution in [1.29, 1.82) is 0 Å². The fourth-order valence-corrected chi connectivity index (χ4v) is 5.60. The molecule has 10 heteroatoms. The van der Waals surface area contributed by atoms with Gasteiger partial charge in [-0.3, -0.25) is 14.4 Å². The Bertz CT molecular complexity index is 1390. The van der Waals surface area contributed by atoms with Crippen molar-refractivity contribution in [2.75, 3.05) is 0 Å². The molecular formula is C25H23ClFN5O3. The Balaban J connectivity index is 1.17. The van der Waals surface area contributed by atoms with Crippen LogP contribution in [0.3, 0.4) is 0 Å². The molecule has 35 heavy (non-hydrogen) atoms. The number of aromatic nitrogens is 3. The largest absolute Gasteiger partial charge is 0.351 e. The molecule has 0 bridgehead atoms. The highest BCUT2D eigenvalue weighted by atomic mass is 35.5. The fourth-order valence-electron chi connectivity index (χ4n) is 5.42. The molecule has 3 aromatic rings. The summed E-state index contributed by atoms with van der Waals surface area (Å²) in [6.07, 6.45) is 3.72. The van der Waals surface area contributed by atoms with E-state index >= 15 is 0 Å². The summed E-state index contributed by atoms with van der Waals surface area (Å²) in [6, 6.07) is 7.66. The zero-order chi connectivity index (χ0) is 24.4. The summed E-state index contributed by atoms with van der Waals surface area (Å²) in [6.45, 7) is 1.32. The zero-order valence-corrected chi connectivity index (χ0v) is 19.7. The molecule has 3 aliphatic rings. The number of piperidine rings is 1. The van der Waals surface area contributed by atoms with E-state index in [0.29, 0.717) is 35.4 Å². The average Bonchev–Trinajstić information content (AvgIpc) is 3.71. The summed E-state index contributed by atoms with van der Waals surface area (Å²) in [7, 11) is 0. The number of nitrogens with zero attached hydrogens (tertiary/aromatic N) is 4. The molecule has 1 aromatic carbocycles. The fraction of sp³-hybridized carbons (Fsp3) is 0.400. The van der Waals surface area contributed by atoms with E-state index in [1.807, 2.05) is 0 Å². The normalized spacial score (nSPS) is 26.5. The molecule has 1 aliphatic heterocycles. The van der Waals surface area contributed by atoms with Gasteiger partial charge in [0.25, 0.3) is 0 Å². The Labute approximate surface area is 205 Å². The lowest BCUT2D eigenvalue weighted by atomic mass is 10.1. The predicted octanol–water partition coefficient (Wildman–Crippen LogP) is 3.09. The van der Waals surface area contributed by atoms with Crippen molar-refractivity contribution in [3.8, 4) is 0 Å². The van der Waals surface area contributed by atoms with Crippen molar-refractivity contribution < 1.29 is 18.8 Å². The molecule has 2 amide bonds. The van der Waals surface area contributed by atoms with Crippen molar-refractivity contribution in [2.45, 2.75) is 56.8 Å². The SMILES string of the molecule is CC(=O)c1nn(CC(=O)N2[C@@H]3C[C@@H]3C[C@H]2C(=O)N[C@H]2C[C@@H]2c2cccc(Cl)c2F)c2ncccc12. The number of nitrogens with one attached hydrogen (secondary N) is 1. The third-order valence-electron chi connectivity index (χ3n) is 7.32. The van der Waals surface area contributed by atoms with Crippen molar-refractivity contribution in [1.82, 2.24) is 25.0 Å². The molecular weight excluding hydrogens is 473 g/mol. The van der Waals surface area contributed by atoms with E-state index < -0.39 is 11.9 Å². The van der Waals surface area contributed by atoms with E-state index in [-0.39, 0.29) is 52.9 Å². The lowest BCUT2D eigenvalue weighted by molar-refractivity contribution is -0.140. The van der Waals surface area contributed by atoms with Crippen molar-refractivity contribution in [3.05, 3.63) is 58.6 Å². The number of hydrogen-bond donors (Lipinski definition) is 1. The van der Waals surface area contributed by atoms with E-state index in [0.717, 1.165) is 6.42 Å². The van der Waals surface area contributed by atoms with Crippen molar-refractivity contribution >= 4 is 40.2 Å². The third-order valence-corrected chi connectivity index (χ3v) is 7.61. The highest BCUT2D eigenvalue weighted by Gasteiger charge is 2.56. The minimum absolute atomic E-state index is 0.0423. The van der Waals surface area contributed by atoms with Gasteiger partial charge in [-0.1, -0.05) is 23.7 Å². The molecule has 8 nitrogen and oxygen atoms in total. The van der Waals surface area contributed by atoms with Gasteiger partial charge in [-0.25, -0.2) is 14.1 Å². The molecule has 180 valence electrons. The number of halogens is 2. The minimum Gasteiger partial charge on any atom is -0.351 e. The van der Waals surface area contributed by atoms with Crippen LogP contribution in [0.2, 0.25) is 5.02 Å². The smallest absolute Gasteiger partial charge is 0.245 e. The number of rotatable bonds is 6. The molecule has 1 saturated heterocycles. The number of pyridine rings is 1. The molecule has 0 radical (unpaired) electrons. The minimum atomic E-state index is -0.571. The number of carbonyl (C=O) groups excluding carboxylic acids is 3. The number of ketones is 1. The Morgan fingerprint density at radius 2 is 2.00 bits per heavy atom.